The van der Waals surface area contributed by atoms with E-state index >= 15 is 0 Å². The van der Waals surface area contributed by atoms with E-state index in [0.29, 0.717) is 31.3 Å². The second-order valence-electron chi connectivity index (χ2n) is 7.16. The average Bonchev–Trinajstić information content (AvgIpc) is 2.57. The Morgan fingerprint density at radius 3 is 2.38 bits per heavy atom. The molecule has 0 fully saturated rings. The summed E-state index contributed by atoms with van der Waals surface area (Å²) in [5.41, 5.74) is -0.121. The molecule has 0 aromatic rings. The number of carboxylic acids is 1. The van der Waals surface area contributed by atoms with Crippen LogP contribution in [0.25, 0.3) is 0 Å². The minimum Gasteiger partial charge on any atom is -0.478 e. The molecule has 7 nitrogen and oxygen atoms in total. The van der Waals surface area contributed by atoms with E-state index in [1.165, 1.54) is 0 Å². The predicted octanol–water partition coefficient (Wildman–Crippen LogP) is 1.89. The first-order chi connectivity index (χ1) is 12.2. The Balaban J connectivity index is 4.48. The summed E-state index contributed by atoms with van der Waals surface area (Å²) in [5, 5.41) is 37.7. The Hall–Kier alpha value is -1.44. The molecule has 0 spiro atoms. The molecule has 7 heteroatoms. The van der Waals surface area contributed by atoms with Crippen LogP contribution in [0.4, 0.5) is 0 Å². The van der Waals surface area contributed by atoms with Gasteiger partial charge in [-0.15, -0.1) is 0 Å². The van der Waals surface area contributed by atoms with E-state index < -0.39 is 17.4 Å². The average molecular weight is 374 g/mol. The van der Waals surface area contributed by atoms with Gasteiger partial charge in [-0.25, -0.2) is 4.79 Å². The van der Waals surface area contributed by atoms with Gasteiger partial charge in [0.1, 0.15) is 0 Å². The highest BCUT2D eigenvalue weighted by molar-refractivity contribution is 5.82. The van der Waals surface area contributed by atoms with Crippen molar-refractivity contribution < 1.29 is 34.8 Å². The normalized spacial score (nSPS) is 16.6. The summed E-state index contributed by atoms with van der Waals surface area (Å²) in [5.74, 6) is -1.87. The Morgan fingerprint density at radius 1 is 1.23 bits per heavy atom. The minimum absolute atomic E-state index is 0.0948. The molecule has 4 N–H and O–H groups in total. The van der Waals surface area contributed by atoms with Crippen LogP contribution in [0.3, 0.4) is 0 Å². The van der Waals surface area contributed by atoms with Crippen LogP contribution in [-0.2, 0) is 14.3 Å². The first-order valence-electron chi connectivity index (χ1n) is 9.14. The second-order valence-corrected chi connectivity index (χ2v) is 7.16. The van der Waals surface area contributed by atoms with Crippen LogP contribution in [0.15, 0.2) is 11.6 Å². The van der Waals surface area contributed by atoms with Crippen LogP contribution >= 0.6 is 0 Å². The fourth-order valence-corrected chi connectivity index (χ4v) is 2.87. The van der Waals surface area contributed by atoms with Crippen LogP contribution in [0.1, 0.15) is 59.3 Å². The zero-order valence-corrected chi connectivity index (χ0v) is 16.1. The van der Waals surface area contributed by atoms with Crippen LogP contribution in [0.2, 0.25) is 0 Å². The van der Waals surface area contributed by atoms with Gasteiger partial charge < -0.3 is 25.2 Å². The molecule has 3 atom stereocenters. The van der Waals surface area contributed by atoms with Crippen molar-refractivity contribution in [2.45, 2.75) is 65.4 Å². The lowest BCUT2D eigenvalue weighted by atomic mass is 9.72. The first-order valence-corrected chi connectivity index (χ1v) is 9.14. The molecule has 0 bridgehead atoms. The van der Waals surface area contributed by atoms with E-state index in [1.54, 1.807) is 6.92 Å². The minimum atomic E-state index is -1.11. The summed E-state index contributed by atoms with van der Waals surface area (Å²) in [4.78, 5) is 22.2. The predicted molar refractivity (Wildman–Crippen MR) is 97.5 cm³/mol. The maximum Gasteiger partial charge on any atom is 0.328 e. The maximum atomic E-state index is 11.7. The summed E-state index contributed by atoms with van der Waals surface area (Å²) < 4.78 is 5.12. The van der Waals surface area contributed by atoms with Gasteiger partial charge >= 0.3 is 11.9 Å². The number of hydrogen-bond acceptors (Lipinski definition) is 6. The highest BCUT2D eigenvalue weighted by Gasteiger charge is 2.33. The van der Waals surface area contributed by atoms with Gasteiger partial charge in [0, 0.05) is 19.3 Å². The van der Waals surface area contributed by atoms with Gasteiger partial charge in [0.15, 0.2) is 0 Å². The van der Waals surface area contributed by atoms with Crippen molar-refractivity contribution in [3.8, 4) is 0 Å². The van der Waals surface area contributed by atoms with Crippen LogP contribution in [-0.4, -0.2) is 58.3 Å². The van der Waals surface area contributed by atoms with Crippen molar-refractivity contribution in [3.05, 3.63) is 11.6 Å². The molecule has 0 aliphatic heterocycles. The van der Waals surface area contributed by atoms with Gasteiger partial charge in [-0.2, -0.15) is 0 Å². The standard InChI is InChI=1S/C19H34O7/c1-4-16(22)6-5-8-19(3,13-21)15(12-20)7-9-26-18(25)11-14(2)10-17(23)24/h10,15-16,20-22H,4-9,11-13H2,1-3H3,(H,23,24). The summed E-state index contributed by atoms with van der Waals surface area (Å²) in [6, 6.07) is 0. The number of esters is 1. The number of aliphatic hydroxyl groups excluding tert-OH is 3. The number of carbonyl (C=O) groups excluding carboxylic acids is 1. The van der Waals surface area contributed by atoms with E-state index in [4.69, 9.17) is 9.84 Å². The molecule has 0 aromatic carbocycles. The van der Waals surface area contributed by atoms with Crippen molar-refractivity contribution in [2.24, 2.45) is 11.3 Å². The SMILES string of the molecule is CCC(O)CCCC(C)(CO)C(CO)CCOC(=O)CC(C)=CC(=O)O. The smallest absolute Gasteiger partial charge is 0.328 e. The van der Waals surface area contributed by atoms with Crippen LogP contribution in [0.5, 0.6) is 0 Å². The second kappa shape index (κ2) is 12.8. The highest BCUT2D eigenvalue weighted by Crippen LogP contribution is 2.35. The lowest BCUT2D eigenvalue weighted by molar-refractivity contribution is -0.143. The number of rotatable bonds is 14. The highest BCUT2D eigenvalue weighted by atomic mass is 16.5. The van der Waals surface area contributed by atoms with E-state index in [1.807, 2.05) is 13.8 Å². The Labute approximate surface area is 155 Å². The van der Waals surface area contributed by atoms with Gasteiger partial charge in [0.2, 0.25) is 0 Å². The maximum absolute atomic E-state index is 11.7. The van der Waals surface area contributed by atoms with Crippen molar-refractivity contribution in [1.82, 2.24) is 0 Å². The van der Waals surface area contributed by atoms with Crippen molar-refractivity contribution in [3.63, 3.8) is 0 Å². The van der Waals surface area contributed by atoms with Crippen molar-refractivity contribution in [2.75, 3.05) is 19.8 Å². The molecule has 0 aliphatic rings. The monoisotopic (exact) mass is 374 g/mol. The lowest BCUT2D eigenvalue weighted by Gasteiger charge is -2.35. The topological polar surface area (TPSA) is 124 Å². The molecular formula is C19H34O7. The molecule has 0 saturated heterocycles. The van der Waals surface area contributed by atoms with Gasteiger partial charge in [-0.3, -0.25) is 4.79 Å². The molecule has 26 heavy (non-hydrogen) atoms. The zero-order valence-electron chi connectivity index (χ0n) is 16.1. The van der Waals surface area contributed by atoms with Gasteiger partial charge in [0.25, 0.3) is 0 Å². The van der Waals surface area contributed by atoms with E-state index in [2.05, 4.69) is 0 Å². The molecule has 0 heterocycles. The molecule has 0 radical (unpaired) electrons. The van der Waals surface area contributed by atoms with Crippen molar-refractivity contribution >= 4 is 11.9 Å². The molecule has 152 valence electrons. The van der Waals surface area contributed by atoms with E-state index in [0.717, 1.165) is 12.5 Å². The lowest BCUT2D eigenvalue weighted by Crippen LogP contribution is -2.35. The van der Waals surface area contributed by atoms with Gasteiger partial charge in [0.05, 0.1) is 19.1 Å². The number of hydrogen-bond donors (Lipinski definition) is 4. The van der Waals surface area contributed by atoms with Gasteiger partial charge in [-0.05, 0) is 43.9 Å². The third kappa shape index (κ3) is 9.89. The summed E-state index contributed by atoms with van der Waals surface area (Å²) in [6.45, 7) is 5.19. The molecular weight excluding hydrogens is 340 g/mol. The number of carbonyl (C=O) groups is 2. The van der Waals surface area contributed by atoms with Crippen LogP contribution < -0.4 is 0 Å². The molecule has 0 amide bonds. The molecule has 0 saturated carbocycles. The fourth-order valence-electron chi connectivity index (χ4n) is 2.87. The zero-order chi connectivity index (χ0) is 20.2. The summed E-state index contributed by atoms with van der Waals surface area (Å²) in [6.07, 6.45) is 3.64. The third-order valence-electron chi connectivity index (χ3n) is 4.85. The summed E-state index contributed by atoms with van der Waals surface area (Å²) >= 11 is 0. The molecule has 3 unspecified atom stereocenters. The first kappa shape index (κ1) is 24.6. The molecule has 0 rings (SSSR count). The Kier molecular flexibility index (Phi) is 12.1. The summed E-state index contributed by atoms with van der Waals surface area (Å²) in [7, 11) is 0. The van der Waals surface area contributed by atoms with Gasteiger partial charge in [-0.1, -0.05) is 25.8 Å². The number of aliphatic carboxylic acids is 1. The number of ether oxygens (including phenoxy) is 1. The fraction of sp³-hybridized carbons (Fsp3) is 0.789. The number of aliphatic hydroxyl groups is 3. The molecule has 0 aliphatic carbocycles. The van der Waals surface area contributed by atoms with Crippen LogP contribution in [0, 0.1) is 11.3 Å². The Morgan fingerprint density at radius 2 is 1.88 bits per heavy atom. The van der Waals surface area contributed by atoms with E-state index in [9.17, 15) is 24.9 Å². The largest absolute Gasteiger partial charge is 0.478 e. The number of carboxylic acid groups (broad SMARTS) is 1. The van der Waals surface area contributed by atoms with E-state index in [-0.39, 0.29) is 38.3 Å². The Bertz CT molecular complexity index is 461. The molecule has 0 aromatic heterocycles. The quantitative estimate of drug-likeness (QED) is 0.270. The van der Waals surface area contributed by atoms with Crippen molar-refractivity contribution in [1.29, 1.82) is 0 Å². The third-order valence-corrected chi connectivity index (χ3v) is 4.85.